The van der Waals surface area contributed by atoms with Gasteiger partial charge in [0, 0.05) is 8.77 Å². The molecule has 0 aliphatic rings. The van der Waals surface area contributed by atoms with Gasteiger partial charge in [-0.1, -0.05) is 6.92 Å². The molecule has 0 aromatic heterocycles. The first kappa shape index (κ1) is 11.6. The molecule has 2 nitrogen and oxygen atoms in total. The molecule has 0 rings (SSSR count). The Morgan fingerprint density at radius 3 is 2.70 bits per heavy atom. The molecule has 0 aromatic carbocycles. The molecule has 0 amide bonds. The molecule has 0 saturated carbocycles. The lowest BCUT2D eigenvalue weighted by Crippen LogP contribution is -2.00. The summed E-state index contributed by atoms with van der Waals surface area (Å²) in [6.45, 7) is 3.98. The van der Waals surface area contributed by atoms with Crippen molar-refractivity contribution in [3.63, 3.8) is 0 Å². The van der Waals surface area contributed by atoms with Crippen LogP contribution in [0.1, 0.15) is 23.1 Å². The van der Waals surface area contributed by atoms with Crippen LogP contribution in [0.15, 0.2) is 0 Å². The van der Waals surface area contributed by atoms with Gasteiger partial charge in [0.2, 0.25) is 0 Å². The smallest absolute Gasteiger partial charge is 0.124 e. The molecule has 0 radical (unpaired) electrons. The zero-order chi connectivity index (χ0) is 7.11. The maximum Gasteiger partial charge on any atom is 0.124 e. The van der Waals surface area contributed by atoms with Crippen molar-refractivity contribution >= 4 is 0 Å². The first-order valence-electron chi connectivity index (χ1n) is 2.92. The topological polar surface area (TPSA) is 40.7 Å². The Labute approximate surface area is 64.9 Å². The highest BCUT2D eigenvalue weighted by molar-refractivity contribution is 5.18. The normalized spacial score (nSPS) is 9.30. The Morgan fingerprint density at radius 2 is 2.30 bits per heavy atom. The Bertz CT molecular complexity index is 164. The van der Waals surface area contributed by atoms with E-state index in [9.17, 15) is 0 Å². The van der Waals surface area contributed by atoms with Crippen LogP contribution in [0.3, 0.4) is 0 Å². The summed E-state index contributed by atoms with van der Waals surface area (Å²) in [5.74, 6) is 4.53. The van der Waals surface area contributed by atoms with Gasteiger partial charge in [-0.15, -0.1) is 6.42 Å². The van der Waals surface area contributed by atoms with Gasteiger partial charge in [-0.2, -0.15) is 0 Å². The average Bonchev–Trinajstić information content (AvgIpc) is 1.89. The number of rotatable bonds is 2. The molecule has 1 atom stereocenters. The quantitative estimate of drug-likeness (QED) is 0.534. The van der Waals surface area contributed by atoms with Crippen molar-refractivity contribution in [3.8, 4) is 24.4 Å². The highest BCUT2D eigenvalue weighted by atomic mass is 16.5. The fourth-order valence-corrected chi connectivity index (χ4v) is 0.243. The Hall–Kier alpha value is -1.12. The Morgan fingerprint density at radius 1 is 1.70 bits per heavy atom. The number of terminal acetylenes is 1. The van der Waals surface area contributed by atoms with Gasteiger partial charge < -0.3 is 10.2 Å². The summed E-state index contributed by atoms with van der Waals surface area (Å²) < 4.78 is 4.93. The van der Waals surface area contributed by atoms with E-state index in [0.29, 0.717) is 0 Å². The van der Waals surface area contributed by atoms with Gasteiger partial charge in [0.1, 0.15) is 12.2 Å². The molecule has 60 valence electrons. The molecule has 0 aromatic rings. The zero-order valence-corrected chi connectivity index (χ0v) is 6.27. The summed E-state index contributed by atoms with van der Waals surface area (Å²) in [4.78, 5) is 0. The van der Waals surface area contributed by atoms with E-state index in [0.717, 1.165) is 6.42 Å². The second-order valence-corrected chi connectivity index (χ2v) is 1.71. The molecule has 2 N–H and O–H groups in total. The average molecular weight is 144 g/mol. The lowest BCUT2D eigenvalue weighted by Gasteiger charge is -2.02. The number of ether oxygens (including phenoxy) is 1. The van der Waals surface area contributed by atoms with Crippen molar-refractivity contribution in [2.75, 3.05) is 0 Å². The van der Waals surface area contributed by atoms with E-state index in [1.54, 1.807) is 0 Å². The van der Waals surface area contributed by atoms with Crippen molar-refractivity contribution < 1.29 is 13.1 Å². The third-order valence-corrected chi connectivity index (χ3v) is 0.958. The van der Waals surface area contributed by atoms with Crippen LogP contribution < -0.4 is 0 Å². The lowest BCUT2D eigenvalue weighted by molar-refractivity contribution is 0.181. The second-order valence-electron chi connectivity index (χ2n) is 1.71. The van der Waals surface area contributed by atoms with E-state index < -0.39 is 0 Å². The van der Waals surface area contributed by atoms with Gasteiger partial charge in [-0.25, -0.2) is 0 Å². The van der Waals surface area contributed by atoms with E-state index in [-0.39, 0.29) is 14.4 Å². The highest BCUT2D eigenvalue weighted by Crippen LogP contribution is 1.92. The van der Waals surface area contributed by atoms with E-state index in [1.807, 2.05) is 13.8 Å². The Balaban J connectivity index is -0.000000107. The minimum atomic E-state index is 0. The fourth-order valence-electron chi connectivity index (χ4n) is 0.243. The van der Waals surface area contributed by atoms with Crippen molar-refractivity contribution in [2.24, 2.45) is 0 Å². The summed E-state index contributed by atoms with van der Waals surface area (Å²) in [7, 11) is 0. The zero-order valence-electron chi connectivity index (χ0n) is 6.27. The van der Waals surface area contributed by atoms with E-state index in [2.05, 4.69) is 17.9 Å². The van der Waals surface area contributed by atoms with Crippen LogP contribution >= 0.6 is 0 Å². The van der Waals surface area contributed by atoms with Gasteiger partial charge in [0.25, 0.3) is 0 Å². The van der Waals surface area contributed by atoms with Crippen molar-refractivity contribution in [2.45, 2.75) is 26.4 Å². The van der Waals surface area contributed by atoms with Crippen LogP contribution in [-0.2, 0) is 4.74 Å². The monoisotopic (exact) mass is 144 g/mol. The summed E-state index contributed by atoms with van der Waals surface area (Å²) in [5, 5.41) is 0. The van der Waals surface area contributed by atoms with E-state index >= 15 is 0 Å². The molecule has 10 heavy (non-hydrogen) atoms. The molecule has 0 aliphatic heterocycles. The predicted octanol–water partition coefficient (Wildman–Crippen LogP) is 1.06. The molecule has 0 saturated heterocycles. The summed E-state index contributed by atoms with van der Waals surface area (Å²) in [6.07, 6.45) is 8.40. The van der Waals surface area contributed by atoms with Crippen LogP contribution in [0.25, 0.3) is 0 Å². The largest absolute Gasteiger partial charge is 0.443 e. The highest BCUT2D eigenvalue weighted by Gasteiger charge is 1.92. The van der Waals surface area contributed by atoms with Crippen molar-refractivity contribution in [1.82, 2.24) is 0 Å². The number of hydrogen-bond acceptors (Lipinski definition) is 1. The van der Waals surface area contributed by atoms with Crippen LogP contribution in [0.4, 0.5) is 0 Å². The van der Waals surface area contributed by atoms with Gasteiger partial charge in [-0.3, -0.25) is 0 Å². The predicted molar refractivity (Wildman–Crippen MR) is 45.3 cm³/mol. The van der Waals surface area contributed by atoms with E-state index in [4.69, 9.17) is 11.2 Å². The maximum absolute atomic E-state index is 4.93. The molecule has 2 heteroatoms. The van der Waals surface area contributed by atoms with Crippen LogP contribution in [-0.4, -0.2) is 11.6 Å². The van der Waals surface area contributed by atoms with Crippen LogP contribution in [0, 0.1) is 24.4 Å². The standard InChI is InChI=1S/C8H10O.H2O.2H2/c1-4-6-7-9-8(3)5-2;;;/h1,8H,5H2,2-3H3;1H2;2*1H. The molecule has 1 unspecified atom stereocenters. The van der Waals surface area contributed by atoms with Crippen molar-refractivity contribution in [3.05, 3.63) is 0 Å². The lowest BCUT2D eigenvalue weighted by atomic mass is 10.3. The van der Waals surface area contributed by atoms with Crippen molar-refractivity contribution in [1.29, 1.82) is 0 Å². The third kappa shape index (κ3) is 6.88. The summed E-state index contributed by atoms with van der Waals surface area (Å²) >= 11 is 0. The minimum absolute atomic E-state index is 0. The van der Waals surface area contributed by atoms with Gasteiger partial charge in [-0.05, 0) is 19.3 Å². The molecular formula is C8H16O2. The van der Waals surface area contributed by atoms with E-state index in [1.165, 1.54) is 0 Å². The van der Waals surface area contributed by atoms with Gasteiger partial charge >= 0.3 is 0 Å². The molecule has 0 bridgehead atoms. The molecular weight excluding hydrogens is 128 g/mol. The molecule has 0 aliphatic carbocycles. The molecule has 0 heterocycles. The first-order valence-corrected chi connectivity index (χ1v) is 2.92. The number of hydrogen-bond donors (Lipinski definition) is 0. The van der Waals surface area contributed by atoms with Gasteiger partial charge in [0.05, 0.1) is 0 Å². The van der Waals surface area contributed by atoms with Crippen LogP contribution in [0.5, 0.6) is 0 Å². The fraction of sp³-hybridized carbons (Fsp3) is 0.500. The molecule has 0 spiro atoms. The summed E-state index contributed by atoms with van der Waals surface area (Å²) in [6, 6.07) is 0. The first-order chi connectivity index (χ1) is 4.31. The second kappa shape index (κ2) is 7.88. The van der Waals surface area contributed by atoms with Gasteiger partial charge in [0.15, 0.2) is 0 Å². The van der Waals surface area contributed by atoms with Crippen LogP contribution in [0.2, 0.25) is 0 Å². The maximum atomic E-state index is 4.93. The third-order valence-electron chi connectivity index (χ3n) is 0.958. The molecule has 0 fully saturated rings. The Kier molecular flexibility index (Phi) is 9.18. The SMILES string of the molecule is C#CC#COC(C)CC.O.[HH].[HH]. The minimum Gasteiger partial charge on any atom is -0.443 e. The summed E-state index contributed by atoms with van der Waals surface area (Å²) in [5.41, 5.74) is 0.